The van der Waals surface area contributed by atoms with Gasteiger partial charge in [-0.2, -0.15) is 9.97 Å². The smallest absolute Gasteiger partial charge is 0.319 e. The molecular weight excluding hydrogens is 600 g/mol. The molecule has 2 saturated heterocycles. The number of phenols is 1. The summed E-state index contributed by atoms with van der Waals surface area (Å²) in [6.45, 7) is 5.75. The Balaban J connectivity index is 1.38. The average molecular weight is 639 g/mol. The van der Waals surface area contributed by atoms with Gasteiger partial charge in [0.25, 0.3) is 0 Å². The summed E-state index contributed by atoms with van der Waals surface area (Å²) in [5.41, 5.74) is 0.683. The summed E-state index contributed by atoms with van der Waals surface area (Å²) in [6, 6.07) is 4.78. The summed E-state index contributed by atoms with van der Waals surface area (Å²) < 4.78 is 67.7. The predicted molar refractivity (Wildman–Crippen MR) is 168 cm³/mol. The number of anilines is 1. The van der Waals surface area contributed by atoms with E-state index in [0.29, 0.717) is 35.1 Å². The molecule has 7 rings (SSSR count). The van der Waals surface area contributed by atoms with Crippen LogP contribution in [-0.2, 0) is 12.8 Å². The number of hydrogen-bond acceptors (Lipinski definition) is 8. The van der Waals surface area contributed by atoms with Gasteiger partial charge in [0.2, 0.25) is 0 Å². The SMILES string of the molecule is CCc1c(F)ccc2cc(O)cc(-c3nc4c5c(nc(OCC67CCCN6CCC7)nc5c3F)NC(C(F)NC(F)CC)CC4)c12. The van der Waals surface area contributed by atoms with Gasteiger partial charge in [-0.1, -0.05) is 19.9 Å². The van der Waals surface area contributed by atoms with Gasteiger partial charge in [-0.25, -0.2) is 22.5 Å². The average Bonchev–Trinajstić information content (AvgIpc) is 3.57. The number of alkyl halides is 2. The summed E-state index contributed by atoms with van der Waals surface area (Å²) in [6.07, 6.45) is 1.62. The first kappa shape index (κ1) is 30.9. The fourth-order valence-corrected chi connectivity index (χ4v) is 7.61. The van der Waals surface area contributed by atoms with Crippen LogP contribution in [0.15, 0.2) is 24.3 Å². The second-order valence-electron chi connectivity index (χ2n) is 12.7. The Kier molecular flexibility index (Phi) is 8.12. The molecule has 5 heterocycles. The molecule has 0 amide bonds. The summed E-state index contributed by atoms with van der Waals surface area (Å²) >= 11 is 0. The van der Waals surface area contributed by atoms with Crippen LogP contribution in [0.2, 0.25) is 0 Å². The number of nitrogens with zero attached hydrogens (tertiary/aromatic N) is 4. The highest BCUT2D eigenvalue weighted by Gasteiger charge is 2.45. The zero-order chi connectivity index (χ0) is 32.2. The van der Waals surface area contributed by atoms with Gasteiger partial charge in [-0.15, -0.1) is 0 Å². The molecule has 0 spiro atoms. The van der Waals surface area contributed by atoms with Gasteiger partial charge in [0, 0.05) is 5.56 Å². The van der Waals surface area contributed by atoms with E-state index in [1.807, 2.05) is 0 Å². The van der Waals surface area contributed by atoms with E-state index < -0.39 is 30.3 Å². The largest absolute Gasteiger partial charge is 0.508 e. The third kappa shape index (κ3) is 5.29. The first-order valence-corrected chi connectivity index (χ1v) is 16.2. The van der Waals surface area contributed by atoms with Crippen molar-refractivity contribution in [3.8, 4) is 23.0 Å². The summed E-state index contributed by atoms with van der Waals surface area (Å²) in [5, 5.41) is 17.3. The molecule has 4 aromatic rings. The molecule has 46 heavy (non-hydrogen) atoms. The molecular formula is C34H38F4N6O2. The quantitative estimate of drug-likeness (QED) is 0.138. The first-order valence-electron chi connectivity index (χ1n) is 16.2. The van der Waals surface area contributed by atoms with Crippen molar-refractivity contribution in [1.29, 1.82) is 0 Å². The number of nitrogens with one attached hydrogen (secondary N) is 2. The number of ether oxygens (including phenoxy) is 1. The van der Waals surface area contributed by atoms with Crippen LogP contribution in [0.4, 0.5) is 23.4 Å². The molecule has 3 atom stereocenters. The Hall–Kier alpha value is -3.77. The van der Waals surface area contributed by atoms with Crippen molar-refractivity contribution >= 4 is 27.5 Å². The number of phenolic OH excluding ortho intramolecular Hbond substituents is 1. The standard InChI is InChI=1S/C34H38F4N6O2/c1-3-20-22(35)8-7-18-15-19(45)16-21(26(18)20)29-28(37)30-27-23(39-29)9-10-24(31(38)41-25(36)4-2)40-32(27)43-33(42-30)46-17-34-11-5-13-44(34)14-6-12-34/h7-8,15-16,24-25,31,41,45H,3-6,9-14,17H2,1-2H3,(H,40,42,43). The van der Waals surface area contributed by atoms with E-state index >= 15 is 13.2 Å². The minimum absolute atomic E-state index is 0.0628. The van der Waals surface area contributed by atoms with Crippen LogP contribution in [-0.4, -0.2) is 68.8 Å². The van der Waals surface area contributed by atoms with Gasteiger partial charge in [0.05, 0.1) is 22.7 Å². The van der Waals surface area contributed by atoms with Gasteiger partial charge in [-0.05, 0) is 99.0 Å². The number of aryl methyl sites for hydroxylation is 2. The van der Waals surface area contributed by atoms with Crippen LogP contribution < -0.4 is 15.4 Å². The van der Waals surface area contributed by atoms with Crippen molar-refractivity contribution in [2.75, 3.05) is 25.0 Å². The number of hydrogen-bond donors (Lipinski definition) is 3. The number of rotatable bonds is 9. The Morgan fingerprint density at radius 1 is 1.09 bits per heavy atom. The van der Waals surface area contributed by atoms with E-state index in [2.05, 4.69) is 25.5 Å². The van der Waals surface area contributed by atoms with Crippen LogP contribution in [0.3, 0.4) is 0 Å². The third-order valence-electron chi connectivity index (χ3n) is 9.95. The van der Waals surface area contributed by atoms with E-state index in [0.717, 1.165) is 38.8 Å². The molecule has 0 aliphatic carbocycles. The number of pyridine rings is 1. The zero-order valence-electron chi connectivity index (χ0n) is 26.0. The van der Waals surface area contributed by atoms with Crippen LogP contribution >= 0.6 is 0 Å². The molecule has 3 aliphatic rings. The zero-order valence-corrected chi connectivity index (χ0v) is 26.0. The minimum Gasteiger partial charge on any atom is -0.508 e. The number of aromatic nitrogens is 3. The lowest BCUT2D eigenvalue weighted by Gasteiger charge is -2.31. The Morgan fingerprint density at radius 3 is 2.61 bits per heavy atom. The maximum atomic E-state index is 16.9. The van der Waals surface area contributed by atoms with Gasteiger partial charge >= 0.3 is 6.01 Å². The predicted octanol–water partition coefficient (Wildman–Crippen LogP) is 6.72. The van der Waals surface area contributed by atoms with Crippen molar-refractivity contribution < 1.29 is 27.4 Å². The highest BCUT2D eigenvalue weighted by Crippen LogP contribution is 2.42. The lowest BCUT2D eigenvalue weighted by molar-refractivity contribution is 0.108. The van der Waals surface area contributed by atoms with E-state index in [4.69, 9.17) is 9.72 Å². The Labute approximate surface area is 264 Å². The lowest BCUT2D eigenvalue weighted by Crippen LogP contribution is -2.44. The highest BCUT2D eigenvalue weighted by atomic mass is 19.2. The molecule has 2 aromatic heterocycles. The molecule has 8 nitrogen and oxygen atoms in total. The summed E-state index contributed by atoms with van der Waals surface area (Å²) in [7, 11) is 0. The number of halogens is 4. The monoisotopic (exact) mass is 638 g/mol. The maximum Gasteiger partial charge on any atom is 0.319 e. The molecule has 0 radical (unpaired) electrons. The van der Waals surface area contributed by atoms with Crippen molar-refractivity contribution in [2.45, 2.75) is 89.4 Å². The molecule has 3 N–H and O–H groups in total. The Bertz CT molecular complexity index is 1800. The van der Waals surface area contributed by atoms with Crippen LogP contribution in [0.1, 0.15) is 63.6 Å². The fourth-order valence-electron chi connectivity index (χ4n) is 7.61. The molecule has 3 unspecified atom stereocenters. The molecule has 2 fully saturated rings. The minimum atomic E-state index is -1.77. The van der Waals surface area contributed by atoms with Gasteiger partial charge < -0.3 is 15.2 Å². The highest BCUT2D eigenvalue weighted by molar-refractivity contribution is 6.02. The van der Waals surface area contributed by atoms with E-state index in [1.54, 1.807) is 19.9 Å². The lowest BCUT2D eigenvalue weighted by atomic mass is 9.94. The van der Waals surface area contributed by atoms with E-state index in [-0.39, 0.29) is 64.5 Å². The first-order chi connectivity index (χ1) is 22.2. The second-order valence-corrected chi connectivity index (χ2v) is 12.7. The number of benzene rings is 2. The topological polar surface area (TPSA) is 95.4 Å². The van der Waals surface area contributed by atoms with Crippen molar-refractivity contribution in [3.63, 3.8) is 0 Å². The maximum absolute atomic E-state index is 16.9. The van der Waals surface area contributed by atoms with Crippen LogP contribution in [0.25, 0.3) is 32.9 Å². The summed E-state index contributed by atoms with van der Waals surface area (Å²) in [5.74, 6) is -1.21. The second kappa shape index (κ2) is 12.1. The van der Waals surface area contributed by atoms with Crippen molar-refractivity contribution in [1.82, 2.24) is 25.2 Å². The van der Waals surface area contributed by atoms with E-state index in [1.165, 1.54) is 18.2 Å². The number of fused-ring (bicyclic) bond motifs is 2. The van der Waals surface area contributed by atoms with Crippen molar-refractivity contribution in [3.05, 3.63) is 47.2 Å². The fraction of sp³-hybridized carbons (Fsp3) is 0.500. The number of aromatic hydroxyl groups is 1. The van der Waals surface area contributed by atoms with Crippen LogP contribution in [0, 0.1) is 11.6 Å². The molecule has 0 bridgehead atoms. The molecule has 0 saturated carbocycles. The van der Waals surface area contributed by atoms with Gasteiger partial charge in [0.15, 0.2) is 18.4 Å². The van der Waals surface area contributed by atoms with Gasteiger partial charge in [0.1, 0.15) is 35.2 Å². The van der Waals surface area contributed by atoms with E-state index in [9.17, 15) is 9.50 Å². The third-order valence-corrected chi connectivity index (χ3v) is 9.95. The van der Waals surface area contributed by atoms with Gasteiger partial charge in [-0.3, -0.25) is 10.2 Å². The normalized spacial score (nSPS) is 20.4. The molecule has 244 valence electrons. The summed E-state index contributed by atoms with van der Waals surface area (Å²) in [4.78, 5) is 16.3. The van der Waals surface area contributed by atoms with Crippen LogP contribution in [0.5, 0.6) is 11.8 Å². The molecule has 12 heteroatoms. The molecule has 3 aliphatic heterocycles. The molecule has 2 aromatic carbocycles. The Morgan fingerprint density at radius 2 is 1.87 bits per heavy atom. The van der Waals surface area contributed by atoms with Crippen molar-refractivity contribution in [2.24, 2.45) is 0 Å².